The quantitative estimate of drug-likeness (QED) is 0.765. The molecule has 0 aliphatic rings. The lowest BCUT2D eigenvalue weighted by molar-refractivity contribution is -0.137. The van der Waals surface area contributed by atoms with Crippen molar-refractivity contribution >= 4 is 5.69 Å². The smallest absolute Gasteiger partial charge is 0.416 e. The fourth-order valence-corrected chi connectivity index (χ4v) is 1.22. The van der Waals surface area contributed by atoms with Gasteiger partial charge in [-0.05, 0) is 30.7 Å². The van der Waals surface area contributed by atoms with Crippen LogP contribution in [0.2, 0.25) is 0 Å². The highest BCUT2D eigenvalue weighted by atomic mass is 19.4. The van der Waals surface area contributed by atoms with Crippen molar-refractivity contribution in [2.45, 2.75) is 12.6 Å². The molecule has 1 rings (SSSR count). The third kappa shape index (κ3) is 2.84. The van der Waals surface area contributed by atoms with Crippen LogP contribution in [0.15, 0.2) is 18.2 Å². The van der Waals surface area contributed by atoms with Crippen LogP contribution in [0.5, 0.6) is 0 Å². The second kappa shape index (κ2) is 4.50. The fraction of sp³-hybridized carbons (Fsp3) is 0.333. The summed E-state index contributed by atoms with van der Waals surface area (Å²) in [6.07, 6.45) is -4.07. The number of nitrogens with two attached hydrogens (primary N) is 1. The van der Waals surface area contributed by atoms with Gasteiger partial charge in [-0.1, -0.05) is 6.07 Å². The standard InChI is InChI=1S/C9H10F3N2O/c10-9(11,12)7-2-1-6(3-4-13)8(5-7)14-15/h1-2,5,14H,3-4,13H2/q-1. The molecule has 84 valence electrons. The predicted molar refractivity (Wildman–Crippen MR) is 51.2 cm³/mol. The normalized spacial score (nSPS) is 11.5. The first-order valence-corrected chi connectivity index (χ1v) is 4.27. The van der Waals surface area contributed by atoms with Crippen LogP contribution in [-0.4, -0.2) is 6.54 Å². The summed E-state index contributed by atoms with van der Waals surface area (Å²) in [5.74, 6) is 0. The van der Waals surface area contributed by atoms with Crippen LogP contribution in [-0.2, 0) is 12.6 Å². The van der Waals surface area contributed by atoms with E-state index in [9.17, 15) is 18.4 Å². The molecule has 3 nitrogen and oxygen atoms in total. The lowest BCUT2D eigenvalue weighted by atomic mass is 10.1. The Morgan fingerprint density at radius 2 is 2.00 bits per heavy atom. The zero-order chi connectivity index (χ0) is 11.5. The van der Waals surface area contributed by atoms with Gasteiger partial charge in [0.05, 0.1) is 5.56 Å². The number of hydrogen-bond donors (Lipinski definition) is 2. The van der Waals surface area contributed by atoms with E-state index in [0.717, 1.165) is 12.1 Å². The fourth-order valence-electron chi connectivity index (χ4n) is 1.22. The van der Waals surface area contributed by atoms with Gasteiger partial charge in [0, 0.05) is 5.69 Å². The molecular formula is C9H10F3N2O-. The largest absolute Gasteiger partial charge is 0.761 e. The van der Waals surface area contributed by atoms with E-state index in [1.165, 1.54) is 11.5 Å². The van der Waals surface area contributed by atoms with Crippen molar-refractivity contribution in [3.8, 4) is 0 Å². The van der Waals surface area contributed by atoms with Gasteiger partial charge in [-0.3, -0.25) is 0 Å². The molecule has 0 unspecified atom stereocenters. The lowest BCUT2D eigenvalue weighted by Gasteiger charge is -2.17. The van der Waals surface area contributed by atoms with Gasteiger partial charge in [-0.15, -0.1) is 0 Å². The van der Waals surface area contributed by atoms with E-state index in [2.05, 4.69) is 0 Å². The number of hydrogen-bond acceptors (Lipinski definition) is 3. The van der Waals surface area contributed by atoms with Crippen LogP contribution in [0.3, 0.4) is 0 Å². The Morgan fingerprint density at radius 1 is 1.33 bits per heavy atom. The van der Waals surface area contributed by atoms with Gasteiger partial charge in [0.2, 0.25) is 0 Å². The minimum absolute atomic E-state index is 0.0738. The molecule has 0 spiro atoms. The van der Waals surface area contributed by atoms with Crippen molar-refractivity contribution in [3.63, 3.8) is 0 Å². The lowest BCUT2D eigenvalue weighted by Crippen LogP contribution is -2.09. The van der Waals surface area contributed by atoms with Crippen LogP contribution in [0.25, 0.3) is 0 Å². The van der Waals surface area contributed by atoms with Gasteiger partial charge in [-0.2, -0.15) is 13.2 Å². The maximum absolute atomic E-state index is 12.3. The van der Waals surface area contributed by atoms with Gasteiger partial charge < -0.3 is 16.4 Å². The summed E-state index contributed by atoms with van der Waals surface area (Å²) in [5, 5.41) is 10.4. The van der Waals surface area contributed by atoms with Crippen molar-refractivity contribution in [1.29, 1.82) is 0 Å². The van der Waals surface area contributed by atoms with E-state index in [0.29, 0.717) is 12.0 Å². The molecule has 0 aliphatic heterocycles. The highest BCUT2D eigenvalue weighted by molar-refractivity contribution is 5.54. The topological polar surface area (TPSA) is 61.1 Å². The van der Waals surface area contributed by atoms with Gasteiger partial charge in [0.25, 0.3) is 0 Å². The summed E-state index contributed by atoms with van der Waals surface area (Å²) >= 11 is 0. The molecule has 15 heavy (non-hydrogen) atoms. The molecule has 0 amide bonds. The second-order valence-electron chi connectivity index (χ2n) is 3.01. The van der Waals surface area contributed by atoms with Crippen molar-refractivity contribution in [3.05, 3.63) is 34.5 Å². The Bertz CT molecular complexity index is 339. The monoisotopic (exact) mass is 219 g/mol. The van der Waals surface area contributed by atoms with Crippen LogP contribution in [0.1, 0.15) is 11.1 Å². The maximum atomic E-state index is 12.3. The molecule has 0 heterocycles. The zero-order valence-electron chi connectivity index (χ0n) is 7.77. The molecule has 1 aromatic rings. The first-order chi connectivity index (χ1) is 6.99. The third-order valence-corrected chi connectivity index (χ3v) is 1.96. The highest BCUT2D eigenvalue weighted by Gasteiger charge is 2.30. The Hall–Kier alpha value is -1.27. The van der Waals surface area contributed by atoms with Gasteiger partial charge >= 0.3 is 6.18 Å². The summed E-state index contributed by atoms with van der Waals surface area (Å²) in [5.41, 5.74) is 6.31. The molecule has 0 saturated heterocycles. The third-order valence-electron chi connectivity index (χ3n) is 1.96. The van der Waals surface area contributed by atoms with Crippen molar-refractivity contribution in [1.82, 2.24) is 0 Å². The summed E-state index contributed by atoms with van der Waals surface area (Å²) in [6.45, 7) is 0.278. The number of anilines is 1. The van der Waals surface area contributed by atoms with E-state index in [1.807, 2.05) is 0 Å². The average Bonchev–Trinajstić information content (AvgIpc) is 2.17. The molecule has 6 heteroatoms. The van der Waals surface area contributed by atoms with Crippen molar-refractivity contribution in [2.75, 3.05) is 12.0 Å². The van der Waals surface area contributed by atoms with E-state index in [1.54, 1.807) is 0 Å². The Labute approximate surface area is 84.7 Å². The second-order valence-corrected chi connectivity index (χ2v) is 3.01. The maximum Gasteiger partial charge on any atom is 0.416 e. The summed E-state index contributed by atoms with van der Waals surface area (Å²) < 4.78 is 36.8. The van der Waals surface area contributed by atoms with Gasteiger partial charge in [0.15, 0.2) is 0 Å². The van der Waals surface area contributed by atoms with Crippen LogP contribution < -0.4 is 11.2 Å². The Balaban J connectivity index is 3.08. The van der Waals surface area contributed by atoms with Crippen LogP contribution in [0, 0.1) is 5.21 Å². The molecule has 1 aromatic carbocycles. The molecule has 0 fully saturated rings. The van der Waals surface area contributed by atoms with E-state index in [4.69, 9.17) is 5.73 Å². The van der Waals surface area contributed by atoms with Gasteiger partial charge in [-0.25, -0.2) is 0 Å². The minimum Gasteiger partial charge on any atom is -0.761 e. The molecule has 0 atom stereocenters. The summed E-state index contributed by atoms with van der Waals surface area (Å²) in [7, 11) is 0. The number of alkyl halides is 3. The van der Waals surface area contributed by atoms with Crippen molar-refractivity contribution < 1.29 is 13.2 Å². The average molecular weight is 219 g/mol. The number of benzene rings is 1. The number of halogens is 3. The minimum atomic E-state index is -4.44. The SMILES string of the molecule is NCCc1ccc(C(F)(F)F)cc1N[O-]. The summed E-state index contributed by atoms with van der Waals surface area (Å²) in [4.78, 5) is 0. The first-order valence-electron chi connectivity index (χ1n) is 4.27. The number of rotatable bonds is 3. The Kier molecular flexibility index (Phi) is 3.54. The molecule has 0 bridgehead atoms. The molecule has 0 saturated carbocycles. The zero-order valence-corrected chi connectivity index (χ0v) is 7.77. The van der Waals surface area contributed by atoms with Crippen molar-refractivity contribution in [2.24, 2.45) is 5.73 Å². The van der Waals surface area contributed by atoms with Gasteiger partial charge in [0.1, 0.15) is 0 Å². The highest BCUT2D eigenvalue weighted by Crippen LogP contribution is 2.32. The first kappa shape index (κ1) is 11.8. The Morgan fingerprint density at radius 3 is 2.47 bits per heavy atom. The van der Waals surface area contributed by atoms with Crippen LogP contribution in [0.4, 0.5) is 18.9 Å². The molecule has 0 radical (unpaired) electrons. The van der Waals surface area contributed by atoms with E-state index < -0.39 is 11.7 Å². The van der Waals surface area contributed by atoms with E-state index >= 15 is 0 Å². The molecule has 3 N–H and O–H groups in total. The summed E-state index contributed by atoms with van der Waals surface area (Å²) in [6, 6.07) is 2.99. The molecular weight excluding hydrogens is 209 g/mol. The molecule has 0 aliphatic carbocycles. The van der Waals surface area contributed by atoms with Crippen LogP contribution >= 0.6 is 0 Å². The number of nitrogens with one attached hydrogen (secondary N) is 1. The predicted octanol–water partition coefficient (Wildman–Crippen LogP) is 2.12. The van der Waals surface area contributed by atoms with E-state index in [-0.39, 0.29) is 12.2 Å². The molecule has 0 aromatic heterocycles.